The van der Waals surface area contributed by atoms with Crippen molar-refractivity contribution in [3.63, 3.8) is 0 Å². The third-order valence-electron chi connectivity index (χ3n) is 3.52. The number of carbonyl (C=O) groups excluding carboxylic acids is 1. The van der Waals surface area contributed by atoms with Crippen molar-refractivity contribution < 1.29 is 4.79 Å². The van der Waals surface area contributed by atoms with Crippen LogP contribution in [0.15, 0.2) is 54.7 Å². The van der Waals surface area contributed by atoms with Gasteiger partial charge in [-0.1, -0.05) is 36.4 Å². The second-order valence-electron chi connectivity index (χ2n) is 5.18. The predicted octanol–water partition coefficient (Wildman–Crippen LogP) is 2.63. The molecule has 2 aromatic rings. The van der Waals surface area contributed by atoms with Crippen molar-refractivity contribution in [2.75, 3.05) is 13.6 Å². The van der Waals surface area contributed by atoms with E-state index in [1.807, 2.05) is 55.6 Å². The Morgan fingerprint density at radius 3 is 2.59 bits per heavy atom. The lowest BCUT2D eigenvalue weighted by molar-refractivity contribution is -0.131. The second kappa shape index (κ2) is 8.85. The Morgan fingerprint density at radius 2 is 1.95 bits per heavy atom. The predicted molar refractivity (Wildman–Crippen MR) is 96.7 cm³/mol. The van der Waals surface area contributed by atoms with Crippen LogP contribution in [0.3, 0.4) is 0 Å². The van der Waals surface area contributed by atoms with Crippen LogP contribution in [-0.2, 0) is 17.6 Å². The van der Waals surface area contributed by atoms with Crippen LogP contribution < -0.4 is 3.53 Å². The fourth-order valence-corrected chi connectivity index (χ4v) is 2.71. The number of rotatable bonds is 7. The van der Waals surface area contributed by atoms with E-state index in [-0.39, 0.29) is 11.9 Å². The molecule has 5 heteroatoms. The molecular formula is C17H20IN3O. The SMILES string of the molecule is CN(CCc1ccccn1)C(=O)[C@H](Cc1ccccc1)NI. The van der Waals surface area contributed by atoms with Crippen LogP contribution in [0.4, 0.5) is 0 Å². The summed E-state index contributed by atoms with van der Waals surface area (Å²) in [6.07, 6.45) is 3.24. The van der Waals surface area contributed by atoms with Crippen molar-refractivity contribution in [2.24, 2.45) is 0 Å². The summed E-state index contributed by atoms with van der Waals surface area (Å²) in [7, 11) is 1.84. The largest absolute Gasteiger partial charge is 0.344 e. The van der Waals surface area contributed by atoms with Gasteiger partial charge >= 0.3 is 0 Å². The number of pyridine rings is 1. The molecule has 0 radical (unpaired) electrons. The van der Waals surface area contributed by atoms with Gasteiger partial charge in [0.25, 0.3) is 0 Å². The highest BCUT2D eigenvalue weighted by Gasteiger charge is 2.21. The normalized spacial score (nSPS) is 11.9. The van der Waals surface area contributed by atoms with E-state index in [0.717, 1.165) is 17.7 Å². The van der Waals surface area contributed by atoms with Gasteiger partial charge in [-0.15, -0.1) is 0 Å². The summed E-state index contributed by atoms with van der Waals surface area (Å²) in [5.41, 5.74) is 2.16. The molecular weight excluding hydrogens is 389 g/mol. The standard InChI is InChI=1S/C17H20IN3O/c1-21(12-10-15-9-5-6-11-19-15)17(22)16(20-18)13-14-7-3-2-4-8-14/h2-9,11,16,20H,10,12-13H2,1H3/t16-/m0/s1. The fourth-order valence-electron chi connectivity index (χ4n) is 2.23. The minimum Gasteiger partial charge on any atom is -0.344 e. The van der Waals surface area contributed by atoms with Crippen LogP contribution in [0.1, 0.15) is 11.3 Å². The molecule has 116 valence electrons. The van der Waals surface area contributed by atoms with Gasteiger partial charge < -0.3 is 4.90 Å². The van der Waals surface area contributed by atoms with Crippen LogP contribution >= 0.6 is 22.9 Å². The summed E-state index contributed by atoms with van der Waals surface area (Å²) in [5, 5.41) is 0. The summed E-state index contributed by atoms with van der Waals surface area (Å²) in [6.45, 7) is 0.666. The van der Waals surface area contributed by atoms with Crippen molar-refractivity contribution in [3.05, 3.63) is 66.0 Å². The molecule has 0 saturated carbocycles. The molecule has 0 fully saturated rings. The van der Waals surface area contributed by atoms with E-state index in [1.54, 1.807) is 11.1 Å². The van der Waals surface area contributed by atoms with Crippen LogP contribution in [-0.4, -0.2) is 35.4 Å². The zero-order valence-corrected chi connectivity index (χ0v) is 14.7. The minimum atomic E-state index is -0.211. The molecule has 0 bridgehead atoms. The zero-order chi connectivity index (χ0) is 15.8. The number of benzene rings is 1. The molecule has 22 heavy (non-hydrogen) atoms. The molecule has 0 unspecified atom stereocenters. The first-order valence-corrected chi connectivity index (χ1v) is 8.33. The van der Waals surface area contributed by atoms with E-state index in [9.17, 15) is 4.79 Å². The first-order valence-electron chi connectivity index (χ1n) is 7.25. The number of nitrogens with zero attached hydrogens (tertiary/aromatic N) is 2. The summed E-state index contributed by atoms with van der Waals surface area (Å²) in [4.78, 5) is 18.6. The fraction of sp³-hybridized carbons (Fsp3) is 0.294. The zero-order valence-electron chi connectivity index (χ0n) is 12.6. The molecule has 0 spiro atoms. The van der Waals surface area contributed by atoms with Gasteiger partial charge in [-0.3, -0.25) is 9.78 Å². The van der Waals surface area contributed by atoms with Crippen LogP contribution in [0.25, 0.3) is 0 Å². The van der Waals surface area contributed by atoms with Gasteiger partial charge in [0, 0.05) is 54.8 Å². The maximum absolute atomic E-state index is 12.5. The number of hydrogen-bond donors (Lipinski definition) is 1. The van der Waals surface area contributed by atoms with Crippen molar-refractivity contribution in [2.45, 2.75) is 18.9 Å². The smallest absolute Gasteiger partial charge is 0.240 e. The molecule has 1 heterocycles. The lowest BCUT2D eigenvalue weighted by Crippen LogP contribution is -2.43. The molecule has 1 aromatic carbocycles. The molecule has 0 aliphatic rings. The highest BCUT2D eigenvalue weighted by Crippen LogP contribution is 2.07. The van der Waals surface area contributed by atoms with Crippen molar-refractivity contribution >= 4 is 28.8 Å². The number of amides is 1. The second-order valence-corrected chi connectivity index (χ2v) is 5.81. The highest BCUT2D eigenvalue weighted by molar-refractivity contribution is 14.1. The summed E-state index contributed by atoms with van der Waals surface area (Å²) < 4.78 is 3.09. The van der Waals surface area contributed by atoms with E-state index in [1.165, 1.54) is 0 Å². The molecule has 1 aromatic heterocycles. The summed E-state index contributed by atoms with van der Waals surface area (Å²) in [5.74, 6) is 0.106. The summed E-state index contributed by atoms with van der Waals surface area (Å²) >= 11 is 2.05. The van der Waals surface area contributed by atoms with Crippen LogP contribution in [0.5, 0.6) is 0 Å². The van der Waals surface area contributed by atoms with Gasteiger partial charge in [0.15, 0.2) is 0 Å². The average molecular weight is 409 g/mol. The van der Waals surface area contributed by atoms with Crippen molar-refractivity contribution in [1.29, 1.82) is 0 Å². The van der Waals surface area contributed by atoms with E-state index in [4.69, 9.17) is 0 Å². The monoisotopic (exact) mass is 409 g/mol. The topological polar surface area (TPSA) is 45.2 Å². The lowest BCUT2D eigenvalue weighted by atomic mass is 10.1. The Hall–Kier alpha value is -1.47. The third kappa shape index (κ3) is 5.06. The first-order chi connectivity index (χ1) is 10.7. The van der Waals surface area contributed by atoms with Gasteiger partial charge in [-0.25, -0.2) is 3.53 Å². The van der Waals surface area contributed by atoms with E-state index in [2.05, 4.69) is 31.4 Å². The Labute approximate surface area is 145 Å². The van der Waals surface area contributed by atoms with Crippen LogP contribution in [0, 0.1) is 0 Å². The van der Waals surface area contributed by atoms with E-state index < -0.39 is 0 Å². The number of carbonyl (C=O) groups is 1. The molecule has 1 amide bonds. The number of hydrogen-bond acceptors (Lipinski definition) is 3. The Balaban J connectivity index is 1.90. The highest BCUT2D eigenvalue weighted by atomic mass is 127. The quantitative estimate of drug-likeness (QED) is 0.565. The molecule has 0 saturated heterocycles. The minimum absolute atomic E-state index is 0.106. The van der Waals surface area contributed by atoms with Gasteiger partial charge in [0.1, 0.15) is 0 Å². The maximum Gasteiger partial charge on any atom is 0.240 e. The van der Waals surface area contributed by atoms with Gasteiger partial charge in [-0.05, 0) is 24.1 Å². The number of halogens is 1. The number of aromatic nitrogens is 1. The van der Waals surface area contributed by atoms with Gasteiger partial charge in [-0.2, -0.15) is 0 Å². The maximum atomic E-state index is 12.5. The number of nitrogens with one attached hydrogen (secondary N) is 1. The summed E-state index contributed by atoms with van der Waals surface area (Å²) in [6, 6.07) is 15.7. The average Bonchev–Trinajstić information content (AvgIpc) is 2.58. The third-order valence-corrected chi connectivity index (χ3v) is 4.27. The van der Waals surface area contributed by atoms with E-state index in [0.29, 0.717) is 13.0 Å². The molecule has 1 N–H and O–H groups in total. The molecule has 1 atom stereocenters. The molecule has 4 nitrogen and oxygen atoms in total. The number of likely N-dealkylation sites (N-methyl/N-ethyl adjacent to an activating group) is 1. The van der Waals surface area contributed by atoms with Crippen molar-refractivity contribution in [3.8, 4) is 0 Å². The Kier molecular flexibility index (Phi) is 6.79. The van der Waals surface area contributed by atoms with Crippen molar-refractivity contribution in [1.82, 2.24) is 13.4 Å². The lowest BCUT2D eigenvalue weighted by Gasteiger charge is -2.23. The molecule has 0 aliphatic carbocycles. The Morgan fingerprint density at radius 1 is 1.23 bits per heavy atom. The molecule has 0 aliphatic heterocycles. The molecule has 2 rings (SSSR count). The van der Waals surface area contributed by atoms with Gasteiger partial charge in [0.2, 0.25) is 5.91 Å². The van der Waals surface area contributed by atoms with Gasteiger partial charge in [0.05, 0.1) is 6.04 Å². The van der Waals surface area contributed by atoms with E-state index >= 15 is 0 Å². The Bertz CT molecular complexity index is 577. The van der Waals surface area contributed by atoms with Crippen LogP contribution in [0.2, 0.25) is 0 Å². The first kappa shape index (κ1) is 16.9.